The summed E-state index contributed by atoms with van der Waals surface area (Å²) in [5, 5.41) is 22.6. The highest BCUT2D eigenvalue weighted by Gasteiger charge is 2.46. The first-order valence-electron chi connectivity index (χ1n) is 11.7. The van der Waals surface area contributed by atoms with Crippen molar-refractivity contribution in [3.63, 3.8) is 0 Å². The Bertz CT molecular complexity index is 906. The van der Waals surface area contributed by atoms with E-state index in [1.807, 2.05) is 13.8 Å². The van der Waals surface area contributed by atoms with E-state index in [0.29, 0.717) is 43.8 Å². The number of aryl methyl sites for hydroxylation is 1. The van der Waals surface area contributed by atoms with Gasteiger partial charge in [-0.1, -0.05) is 45.9 Å². The molecule has 0 radical (unpaired) electrons. The molecule has 164 valence electrons. The van der Waals surface area contributed by atoms with Gasteiger partial charge in [0.25, 0.3) is 0 Å². The Morgan fingerprint density at radius 3 is 2.23 bits per heavy atom. The molecule has 5 atom stereocenters. The largest absolute Gasteiger partial charge is 0.490 e. The third-order valence-electron chi connectivity index (χ3n) is 7.23. The van der Waals surface area contributed by atoms with E-state index in [1.165, 1.54) is 23.1 Å². The summed E-state index contributed by atoms with van der Waals surface area (Å²) in [6, 6.07) is 6.39. The number of ether oxygens (including phenoxy) is 2. The van der Waals surface area contributed by atoms with Crippen LogP contribution >= 0.6 is 0 Å². The molecule has 2 N–H and O–H groups in total. The zero-order valence-corrected chi connectivity index (χ0v) is 18.8. The van der Waals surface area contributed by atoms with Gasteiger partial charge in [-0.3, -0.25) is 0 Å². The molecule has 0 amide bonds. The van der Waals surface area contributed by atoms with Crippen LogP contribution in [0.1, 0.15) is 81.9 Å². The maximum Gasteiger partial charge on any atom is 0.131 e. The normalized spacial score (nSPS) is 24.1. The van der Waals surface area contributed by atoms with Crippen molar-refractivity contribution in [1.82, 2.24) is 0 Å². The van der Waals surface area contributed by atoms with Gasteiger partial charge in [0.15, 0.2) is 0 Å². The minimum absolute atomic E-state index is 0.314. The molecule has 2 aliphatic carbocycles. The van der Waals surface area contributed by atoms with E-state index >= 15 is 0 Å². The van der Waals surface area contributed by atoms with Gasteiger partial charge in [-0.25, -0.2) is 0 Å². The van der Waals surface area contributed by atoms with E-state index < -0.39 is 12.2 Å². The minimum atomic E-state index is -0.461. The van der Waals surface area contributed by atoms with Gasteiger partial charge in [-0.15, -0.1) is 0 Å². The minimum Gasteiger partial charge on any atom is -0.490 e. The molecule has 2 aliphatic rings. The summed E-state index contributed by atoms with van der Waals surface area (Å²) in [6.07, 6.45) is 3.67. The van der Waals surface area contributed by atoms with Crippen LogP contribution in [0.5, 0.6) is 11.5 Å². The average molecular weight is 413 g/mol. The van der Waals surface area contributed by atoms with Crippen molar-refractivity contribution in [1.29, 1.82) is 0 Å². The van der Waals surface area contributed by atoms with Gasteiger partial charge in [0.1, 0.15) is 24.7 Å². The molecule has 4 nitrogen and oxygen atoms in total. The van der Waals surface area contributed by atoms with Gasteiger partial charge in [-0.05, 0) is 55.4 Å². The molecule has 4 heteroatoms. The van der Waals surface area contributed by atoms with Crippen LogP contribution in [0, 0.1) is 5.92 Å². The predicted octanol–water partition coefficient (Wildman–Crippen LogP) is 5.31. The van der Waals surface area contributed by atoms with Gasteiger partial charge in [-0.2, -0.15) is 0 Å². The average Bonchev–Trinajstić information content (AvgIpc) is 3.32. The molecule has 2 bridgehead atoms. The first-order chi connectivity index (χ1) is 14.5. The van der Waals surface area contributed by atoms with Crippen molar-refractivity contribution in [3.8, 4) is 11.5 Å². The number of fused-ring (bicyclic) bond motifs is 6. The Hall–Kier alpha value is -1.78. The second-order valence-electron chi connectivity index (χ2n) is 9.18. The lowest BCUT2D eigenvalue weighted by atomic mass is 9.81. The van der Waals surface area contributed by atoms with Gasteiger partial charge in [0.05, 0.1) is 12.2 Å². The monoisotopic (exact) mass is 412 g/mol. The smallest absolute Gasteiger partial charge is 0.131 e. The summed E-state index contributed by atoms with van der Waals surface area (Å²) in [6.45, 7) is 9.10. The lowest BCUT2D eigenvalue weighted by Gasteiger charge is -2.29. The molecular formula is C26H36O4. The molecule has 1 saturated carbocycles. The van der Waals surface area contributed by atoms with E-state index in [2.05, 4.69) is 32.0 Å². The summed E-state index contributed by atoms with van der Waals surface area (Å²) in [5.74, 6) is 3.51. The highest BCUT2D eigenvalue weighted by atomic mass is 16.5. The molecular weight excluding hydrogens is 376 g/mol. The van der Waals surface area contributed by atoms with Crippen LogP contribution in [0.4, 0.5) is 0 Å². The van der Waals surface area contributed by atoms with E-state index in [1.54, 1.807) is 0 Å². The van der Waals surface area contributed by atoms with Gasteiger partial charge in [0.2, 0.25) is 0 Å². The van der Waals surface area contributed by atoms with Crippen LogP contribution in [-0.4, -0.2) is 35.6 Å². The lowest BCUT2D eigenvalue weighted by molar-refractivity contribution is 0.102. The molecule has 0 spiro atoms. The highest BCUT2D eigenvalue weighted by Crippen LogP contribution is 2.63. The topological polar surface area (TPSA) is 58.9 Å². The van der Waals surface area contributed by atoms with Crippen LogP contribution in [-0.2, 0) is 6.42 Å². The maximum atomic E-state index is 10.2. The Morgan fingerprint density at radius 2 is 1.60 bits per heavy atom. The molecule has 5 unspecified atom stereocenters. The van der Waals surface area contributed by atoms with Crippen molar-refractivity contribution < 1.29 is 19.7 Å². The van der Waals surface area contributed by atoms with Gasteiger partial charge < -0.3 is 19.7 Å². The SMILES string of the molecule is CCc1cccc2c(OCC(O)CC)c3c(c(OCC(O)CC)c12)C1CC(C)C3C1. The van der Waals surface area contributed by atoms with Gasteiger partial charge >= 0.3 is 0 Å². The van der Waals surface area contributed by atoms with Crippen molar-refractivity contribution in [2.24, 2.45) is 5.92 Å². The summed E-state index contributed by atoms with van der Waals surface area (Å²) < 4.78 is 12.8. The number of rotatable bonds is 9. The fourth-order valence-corrected chi connectivity index (χ4v) is 5.44. The molecule has 30 heavy (non-hydrogen) atoms. The number of benzene rings is 2. The Labute approximate surface area is 180 Å². The summed E-state index contributed by atoms with van der Waals surface area (Å²) in [7, 11) is 0. The standard InChI is InChI=1S/C26H36O4/c1-5-16-9-8-10-20-22(16)26(30-14-19(28)7-3)23-17-11-15(4)21(12-17)24(23)25(20)29-13-18(27)6-2/h8-10,15,17-19,21,27-28H,5-7,11-14H2,1-4H3. The molecule has 2 aromatic rings. The van der Waals surface area contributed by atoms with Crippen LogP contribution in [0.2, 0.25) is 0 Å². The lowest BCUT2D eigenvalue weighted by Crippen LogP contribution is -2.20. The molecule has 0 aliphatic heterocycles. The van der Waals surface area contributed by atoms with Crippen molar-refractivity contribution in [2.45, 2.75) is 83.8 Å². The quantitative estimate of drug-likeness (QED) is 0.586. The number of hydrogen-bond donors (Lipinski definition) is 2. The first-order valence-corrected chi connectivity index (χ1v) is 11.7. The fraction of sp³-hybridized carbons (Fsp3) is 0.615. The zero-order chi connectivity index (χ0) is 21.4. The highest BCUT2D eigenvalue weighted by molar-refractivity contribution is 5.99. The third-order valence-corrected chi connectivity index (χ3v) is 7.23. The summed E-state index contributed by atoms with van der Waals surface area (Å²) >= 11 is 0. The molecule has 4 rings (SSSR count). The number of aliphatic hydroxyl groups is 2. The van der Waals surface area contributed by atoms with Crippen LogP contribution in [0.3, 0.4) is 0 Å². The Balaban J connectivity index is 1.93. The summed E-state index contributed by atoms with van der Waals surface area (Å²) in [5.41, 5.74) is 3.84. The predicted molar refractivity (Wildman–Crippen MR) is 121 cm³/mol. The Morgan fingerprint density at radius 1 is 0.933 bits per heavy atom. The molecule has 2 aromatic carbocycles. The van der Waals surface area contributed by atoms with E-state index in [-0.39, 0.29) is 0 Å². The second kappa shape index (κ2) is 8.76. The van der Waals surface area contributed by atoms with E-state index in [0.717, 1.165) is 35.1 Å². The van der Waals surface area contributed by atoms with E-state index in [9.17, 15) is 10.2 Å². The van der Waals surface area contributed by atoms with Crippen LogP contribution < -0.4 is 9.47 Å². The van der Waals surface area contributed by atoms with Crippen molar-refractivity contribution in [2.75, 3.05) is 13.2 Å². The molecule has 0 saturated heterocycles. The number of aliphatic hydroxyl groups excluding tert-OH is 2. The first kappa shape index (κ1) is 21.5. The molecule has 1 fully saturated rings. The maximum absolute atomic E-state index is 10.2. The van der Waals surface area contributed by atoms with Crippen LogP contribution in [0.25, 0.3) is 10.8 Å². The van der Waals surface area contributed by atoms with Crippen molar-refractivity contribution >= 4 is 10.8 Å². The third kappa shape index (κ3) is 3.58. The van der Waals surface area contributed by atoms with E-state index in [4.69, 9.17) is 9.47 Å². The van der Waals surface area contributed by atoms with Crippen molar-refractivity contribution in [3.05, 3.63) is 34.9 Å². The fourth-order valence-electron chi connectivity index (χ4n) is 5.44. The zero-order valence-electron chi connectivity index (χ0n) is 18.8. The van der Waals surface area contributed by atoms with Crippen LogP contribution in [0.15, 0.2) is 18.2 Å². The number of hydrogen-bond acceptors (Lipinski definition) is 4. The second-order valence-corrected chi connectivity index (χ2v) is 9.18. The molecule has 0 aromatic heterocycles. The Kier molecular flexibility index (Phi) is 6.26. The summed E-state index contributed by atoms with van der Waals surface area (Å²) in [4.78, 5) is 0. The van der Waals surface area contributed by atoms with Gasteiger partial charge in [0, 0.05) is 21.9 Å². The molecule has 0 heterocycles.